The molecule has 1 aliphatic carbocycles. The van der Waals surface area contributed by atoms with Gasteiger partial charge in [0.1, 0.15) is 0 Å². The summed E-state index contributed by atoms with van der Waals surface area (Å²) in [5.74, 6) is -1.15. The van der Waals surface area contributed by atoms with Crippen molar-refractivity contribution in [2.75, 3.05) is 39.9 Å². The fourth-order valence-electron chi connectivity index (χ4n) is 3.41. The van der Waals surface area contributed by atoms with Gasteiger partial charge in [0, 0.05) is 19.2 Å². The number of benzene rings is 1. The van der Waals surface area contributed by atoms with Crippen molar-refractivity contribution in [3.8, 4) is 0 Å². The smallest absolute Gasteiger partial charge is 0.159 e. The van der Waals surface area contributed by atoms with E-state index in [1.54, 1.807) is 13.1 Å². The molecule has 1 aromatic rings. The van der Waals surface area contributed by atoms with Gasteiger partial charge in [0.15, 0.2) is 11.6 Å². The monoisotopic (exact) mass is 362 g/mol. The van der Waals surface area contributed by atoms with Crippen LogP contribution in [-0.2, 0) is 4.74 Å². The van der Waals surface area contributed by atoms with Crippen molar-refractivity contribution >= 4 is 5.71 Å². The molecule has 0 radical (unpaired) electrons. The van der Waals surface area contributed by atoms with E-state index in [1.165, 1.54) is 44.0 Å². The van der Waals surface area contributed by atoms with E-state index in [4.69, 9.17) is 4.74 Å². The maximum Gasteiger partial charge on any atom is 0.159 e. The molecule has 0 aromatic heterocycles. The number of aliphatic imine (C=N–C) groups is 1. The van der Waals surface area contributed by atoms with Crippen LogP contribution in [0.3, 0.4) is 0 Å². The molecule has 2 fully saturated rings. The van der Waals surface area contributed by atoms with Gasteiger partial charge in [-0.3, -0.25) is 4.99 Å². The molecule has 2 aliphatic rings. The molecule has 3 rings (SSSR count). The number of hydrogen-bond acceptors (Lipinski definition) is 3. The molecule has 1 saturated heterocycles. The second-order valence-corrected chi connectivity index (χ2v) is 7.19. The maximum absolute atomic E-state index is 13.5. The van der Waals surface area contributed by atoms with Gasteiger partial charge in [-0.15, -0.1) is 0 Å². The highest BCUT2D eigenvalue weighted by Gasteiger charge is 2.26. The molecule has 0 spiro atoms. The summed E-state index contributed by atoms with van der Waals surface area (Å²) in [6.45, 7) is 4.65. The summed E-state index contributed by atoms with van der Waals surface area (Å²) >= 11 is 0. The molecule has 1 heterocycles. The van der Waals surface area contributed by atoms with Crippen molar-refractivity contribution in [2.45, 2.75) is 32.1 Å². The van der Waals surface area contributed by atoms with Crippen molar-refractivity contribution in [1.82, 2.24) is 4.90 Å². The number of hydrogen-bond donors (Lipinski definition) is 0. The third-order valence-electron chi connectivity index (χ3n) is 5.15. The normalized spacial score (nSPS) is 19.8. The lowest BCUT2D eigenvalue weighted by atomic mass is 10.0. The Kier molecular flexibility index (Phi) is 6.92. The van der Waals surface area contributed by atoms with Gasteiger partial charge in [-0.25, -0.2) is 8.78 Å². The number of allylic oxidation sites excluding steroid dienone is 1. The highest BCUT2D eigenvalue weighted by molar-refractivity contribution is 6.09. The van der Waals surface area contributed by atoms with E-state index in [2.05, 4.69) is 9.89 Å². The number of nitrogens with zero attached hydrogens (tertiary/aromatic N) is 2. The first kappa shape index (κ1) is 19.2. The largest absolute Gasteiger partial charge is 0.376 e. The average Bonchev–Trinajstić information content (AvgIpc) is 3.50. The zero-order valence-electron chi connectivity index (χ0n) is 15.5. The van der Waals surface area contributed by atoms with Crippen molar-refractivity contribution in [3.63, 3.8) is 0 Å². The van der Waals surface area contributed by atoms with E-state index >= 15 is 0 Å². The lowest BCUT2D eigenvalue weighted by Gasteiger charge is -2.26. The first-order valence-electron chi connectivity index (χ1n) is 9.60. The fraction of sp³-hybridized carbons (Fsp3) is 0.571. The van der Waals surface area contributed by atoms with Gasteiger partial charge < -0.3 is 9.64 Å². The molecular weight excluding hydrogens is 334 g/mol. The highest BCUT2D eigenvalue weighted by Crippen LogP contribution is 2.36. The van der Waals surface area contributed by atoms with E-state index in [0.717, 1.165) is 32.1 Å². The molecular formula is C21H28F2N2O. The van der Waals surface area contributed by atoms with Crippen molar-refractivity contribution in [1.29, 1.82) is 0 Å². The lowest BCUT2D eigenvalue weighted by Crippen LogP contribution is -2.32. The molecule has 0 N–H and O–H groups in total. The first-order valence-corrected chi connectivity index (χ1v) is 9.60. The van der Waals surface area contributed by atoms with E-state index in [0.29, 0.717) is 23.8 Å². The Morgan fingerprint density at radius 1 is 1.19 bits per heavy atom. The molecule has 1 aromatic carbocycles. The number of rotatable bonds is 8. The van der Waals surface area contributed by atoms with Gasteiger partial charge >= 0.3 is 0 Å². The molecule has 0 atom stereocenters. The maximum atomic E-state index is 13.5. The SMILES string of the molecule is CN=C(/C=C(/COCCN1CCCCC1)C1CC1)c1ccc(F)c(F)c1. The van der Waals surface area contributed by atoms with Crippen LogP contribution < -0.4 is 0 Å². The molecule has 142 valence electrons. The standard InChI is InChI=1S/C21H28F2N2O/c1-24-21(17-7-8-19(22)20(23)13-17)14-18(16-5-6-16)15-26-12-11-25-9-3-2-4-10-25/h7-8,13-14,16H,2-6,9-12,15H2,1H3/b18-14-,24-21?. The molecule has 26 heavy (non-hydrogen) atoms. The second-order valence-electron chi connectivity index (χ2n) is 7.19. The van der Waals surface area contributed by atoms with Gasteiger partial charge in [-0.05, 0) is 74.5 Å². The minimum atomic E-state index is -0.845. The van der Waals surface area contributed by atoms with Gasteiger partial charge in [0.2, 0.25) is 0 Å². The molecule has 1 saturated carbocycles. The van der Waals surface area contributed by atoms with Crippen LogP contribution in [0.25, 0.3) is 0 Å². The Labute approximate surface area is 154 Å². The Bertz CT molecular complexity index is 662. The summed E-state index contributed by atoms with van der Waals surface area (Å²) in [5, 5.41) is 0. The van der Waals surface area contributed by atoms with Crippen molar-refractivity contribution in [3.05, 3.63) is 47.0 Å². The Morgan fingerprint density at radius 3 is 2.62 bits per heavy atom. The minimum Gasteiger partial charge on any atom is -0.376 e. The van der Waals surface area contributed by atoms with Crippen LogP contribution in [-0.4, -0.2) is 50.5 Å². The number of piperidine rings is 1. The zero-order chi connectivity index (χ0) is 18.4. The Balaban J connectivity index is 1.58. The zero-order valence-corrected chi connectivity index (χ0v) is 15.5. The van der Waals surface area contributed by atoms with Gasteiger partial charge in [0.05, 0.1) is 18.9 Å². The van der Waals surface area contributed by atoms with Crippen LogP contribution in [0.2, 0.25) is 0 Å². The summed E-state index contributed by atoms with van der Waals surface area (Å²) in [6.07, 6.45) is 8.24. The summed E-state index contributed by atoms with van der Waals surface area (Å²) in [6, 6.07) is 3.92. The molecule has 3 nitrogen and oxygen atoms in total. The summed E-state index contributed by atoms with van der Waals surface area (Å²) < 4.78 is 32.6. The quantitative estimate of drug-likeness (QED) is 0.511. The van der Waals surface area contributed by atoms with E-state index in [9.17, 15) is 8.78 Å². The summed E-state index contributed by atoms with van der Waals surface area (Å²) in [5.41, 5.74) is 2.47. The third kappa shape index (κ3) is 5.45. The Hall–Kier alpha value is -1.59. The van der Waals surface area contributed by atoms with Crippen LogP contribution in [0.1, 0.15) is 37.7 Å². The number of halogens is 2. The predicted molar refractivity (Wildman–Crippen MR) is 101 cm³/mol. The van der Waals surface area contributed by atoms with Crippen LogP contribution in [0.4, 0.5) is 8.78 Å². The Morgan fingerprint density at radius 2 is 1.96 bits per heavy atom. The lowest BCUT2D eigenvalue weighted by molar-refractivity contribution is 0.109. The topological polar surface area (TPSA) is 24.8 Å². The number of ether oxygens (including phenoxy) is 1. The van der Waals surface area contributed by atoms with Crippen molar-refractivity contribution < 1.29 is 13.5 Å². The van der Waals surface area contributed by atoms with Crippen LogP contribution >= 0.6 is 0 Å². The first-order chi connectivity index (χ1) is 12.7. The third-order valence-corrected chi connectivity index (χ3v) is 5.15. The predicted octanol–water partition coefficient (Wildman–Crippen LogP) is 4.22. The molecule has 5 heteroatoms. The average molecular weight is 362 g/mol. The van der Waals surface area contributed by atoms with Crippen LogP contribution in [0.15, 0.2) is 34.8 Å². The van der Waals surface area contributed by atoms with E-state index in [1.807, 2.05) is 6.08 Å². The van der Waals surface area contributed by atoms with Gasteiger partial charge in [-0.2, -0.15) is 0 Å². The highest BCUT2D eigenvalue weighted by atomic mass is 19.2. The van der Waals surface area contributed by atoms with E-state index < -0.39 is 11.6 Å². The second kappa shape index (κ2) is 9.38. The summed E-state index contributed by atoms with van der Waals surface area (Å²) in [4.78, 5) is 6.73. The van der Waals surface area contributed by atoms with Crippen molar-refractivity contribution in [2.24, 2.45) is 10.9 Å². The molecule has 0 bridgehead atoms. The van der Waals surface area contributed by atoms with Gasteiger partial charge in [0.25, 0.3) is 0 Å². The van der Waals surface area contributed by atoms with Gasteiger partial charge in [-0.1, -0.05) is 6.42 Å². The fourth-order valence-corrected chi connectivity index (χ4v) is 3.41. The minimum absolute atomic E-state index is 0.534. The molecule has 0 amide bonds. The summed E-state index contributed by atoms with van der Waals surface area (Å²) in [7, 11) is 1.68. The van der Waals surface area contributed by atoms with E-state index in [-0.39, 0.29) is 0 Å². The van der Waals surface area contributed by atoms with Crippen LogP contribution in [0.5, 0.6) is 0 Å². The molecule has 0 unspecified atom stereocenters. The molecule has 1 aliphatic heterocycles. The number of likely N-dealkylation sites (tertiary alicyclic amines) is 1. The van der Waals surface area contributed by atoms with Crippen LogP contribution in [0, 0.1) is 17.6 Å².